The Morgan fingerprint density at radius 2 is 2.41 bits per heavy atom. The number of aromatic nitrogens is 2. The van der Waals surface area contributed by atoms with Crippen LogP contribution in [0.2, 0.25) is 0 Å². The first-order valence-electron chi connectivity index (χ1n) is 7.58. The minimum atomic E-state index is -0.912. The van der Waals surface area contributed by atoms with Gasteiger partial charge in [0, 0.05) is 37.4 Å². The molecule has 22 heavy (non-hydrogen) atoms. The molecule has 1 amide bonds. The Bertz CT molecular complexity index is 577. The molecule has 1 saturated carbocycles. The Balaban J connectivity index is 1.65. The van der Waals surface area contributed by atoms with Crippen molar-refractivity contribution in [2.45, 2.75) is 37.1 Å². The number of ether oxygens (including phenoxy) is 1. The molecule has 2 aliphatic rings. The summed E-state index contributed by atoms with van der Waals surface area (Å²) in [4.78, 5) is 27.7. The van der Waals surface area contributed by atoms with E-state index in [0.29, 0.717) is 13.0 Å². The maximum absolute atomic E-state index is 12.5. The van der Waals surface area contributed by atoms with E-state index in [4.69, 9.17) is 9.84 Å². The fraction of sp³-hybridized carbons (Fsp3) is 0.667. The van der Waals surface area contributed by atoms with Crippen molar-refractivity contribution in [2.75, 3.05) is 13.2 Å². The molecule has 7 nitrogen and oxygen atoms in total. The summed E-state index contributed by atoms with van der Waals surface area (Å²) >= 11 is 0. The van der Waals surface area contributed by atoms with Gasteiger partial charge < -0.3 is 19.7 Å². The van der Waals surface area contributed by atoms with Crippen molar-refractivity contribution in [3.63, 3.8) is 0 Å². The molecule has 1 aromatic heterocycles. The van der Waals surface area contributed by atoms with Crippen molar-refractivity contribution in [3.8, 4) is 0 Å². The van der Waals surface area contributed by atoms with Crippen LogP contribution in [0.3, 0.4) is 0 Å². The molecule has 2 heterocycles. The predicted molar refractivity (Wildman–Crippen MR) is 77.2 cm³/mol. The molecular weight excluding hydrogens is 286 g/mol. The zero-order valence-electron chi connectivity index (χ0n) is 12.6. The van der Waals surface area contributed by atoms with Gasteiger partial charge in [0.15, 0.2) is 0 Å². The third-order valence-electron chi connectivity index (χ3n) is 4.56. The maximum Gasteiger partial charge on any atom is 0.305 e. The number of amides is 1. The van der Waals surface area contributed by atoms with Crippen LogP contribution in [0.25, 0.3) is 0 Å². The summed E-state index contributed by atoms with van der Waals surface area (Å²) in [5.74, 6) is -0.899. The lowest BCUT2D eigenvalue weighted by Crippen LogP contribution is -2.55. The SMILES string of the molecule is Cn1cncc1[C@@H]1C[C@H]1C(=O)NC1(CC(=O)O)CCCOC1. The van der Waals surface area contributed by atoms with Gasteiger partial charge in [-0.1, -0.05) is 0 Å². The van der Waals surface area contributed by atoms with Crippen molar-refractivity contribution in [1.82, 2.24) is 14.9 Å². The smallest absolute Gasteiger partial charge is 0.305 e. The lowest BCUT2D eigenvalue weighted by Gasteiger charge is -2.36. The number of carboxylic acid groups (broad SMARTS) is 1. The summed E-state index contributed by atoms with van der Waals surface area (Å²) in [5.41, 5.74) is 0.285. The standard InChI is InChI=1S/C15H21N3O4/c1-18-9-16-7-12(18)10-5-11(10)14(21)17-15(6-13(19)20)3-2-4-22-8-15/h7,9-11H,2-6,8H2,1H3,(H,17,21)(H,19,20)/t10-,11-,15?/m1/s1. The second-order valence-corrected chi connectivity index (χ2v) is 6.37. The van der Waals surface area contributed by atoms with E-state index in [1.165, 1.54) is 0 Å². The first-order chi connectivity index (χ1) is 10.5. The van der Waals surface area contributed by atoms with E-state index >= 15 is 0 Å². The highest BCUT2D eigenvalue weighted by atomic mass is 16.5. The topological polar surface area (TPSA) is 93.5 Å². The Hall–Kier alpha value is -1.89. The molecule has 7 heteroatoms. The minimum Gasteiger partial charge on any atom is -0.481 e. The number of carbonyl (C=O) groups is 2. The fourth-order valence-electron chi connectivity index (χ4n) is 3.31. The Morgan fingerprint density at radius 3 is 3.00 bits per heavy atom. The number of hydrogen-bond donors (Lipinski definition) is 2. The summed E-state index contributed by atoms with van der Waals surface area (Å²) in [6.45, 7) is 0.895. The Labute approximate surface area is 128 Å². The number of hydrogen-bond acceptors (Lipinski definition) is 4. The summed E-state index contributed by atoms with van der Waals surface area (Å²) in [7, 11) is 1.91. The molecule has 0 radical (unpaired) electrons. The third-order valence-corrected chi connectivity index (χ3v) is 4.56. The largest absolute Gasteiger partial charge is 0.481 e. The average Bonchev–Trinajstić information content (AvgIpc) is 3.14. The van der Waals surface area contributed by atoms with Crippen LogP contribution in [-0.4, -0.2) is 45.3 Å². The van der Waals surface area contributed by atoms with Gasteiger partial charge >= 0.3 is 5.97 Å². The van der Waals surface area contributed by atoms with Gasteiger partial charge in [-0.05, 0) is 19.3 Å². The highest BCUT2D eigenvalue weighted by Crippen LogP contribution is 2.47. The molecule has 3 atom stereocenters. The van der Waals surface area contributed by atoms with Gasteiger partial charge in [0.05, 0.1) is 24.9 Å². The zero-order valence-corrected chi connectivity index (χ0v) is 12.6. The number of nitrogens with one attached hydrogen (secondary N) is 1. The highest BCUT2D eigenvalue weighted by Gasteiger charge is 2.48. The lowest BCUT2D eigenvalue weighted by atomic mass is 9.88. The summed E-state index contributed by atoms with van der Waals surface area (Å²) < 4.78 is 7.34. The molecule has 0 spiro atoms. The van der Waals surface area contributed by atoms with E-state index in [0.717, 1.165) is 18.5 Å². The van der Waals surface area contributed by atoms with Crippen LogP contribution in [0.5, 0.6) is 0 Å². The van der Waals surface area contributed by atoms with Crippen molar-refractivity contribution >= 4 is 11.9 Å². The number of aliphatic carboxylic acids is 1. The van der Waals surface area contributed by atoms with Crippen molar-refractivity contribution < 1.29 is 19.4 Å². The Morgan fingerprint density at radius 1 is 1.59 bits per heavy atom. The van der Waals surface area contributed by atoms with E-state index in [-0.39, 0.29) is 30.8 Å². The van der Waals surface area contributed by atoms with Gasteiger partial charge in [0.1, 0.15) is 0 Å². The summed E-state index contributed by atoms with van der Waals surface area (Å²) in [6, 6.07) is 0. The molecule has 3 rings (SSSR count). The van der Waals surface area contributed by atoms with Crippen molar-refractivity contribution in [3.05, 3.63) is 18.2 Å². The molecule has 1 unspecified atom stereocenters. The molecule has 0 bridgehead atoms. The quantitative estimate of drug-likeness (QED) is 0.833. The number of rotatable bonds is 5. The van der Waals surface area contributed by atoms with Crippen LogP contribution in [0.4, 0.5) is 0 Å². The summed E-state index contributed by atoms with van der Waals surface area (Å²) in [5, 5.41) is 12.1. The molecule has 2 N–H and O–H groups in total. The van der Waals surface area contributed by atoms with E-state index in [1.807, 2.05) is 11.6 Å². The fourth-order valence-corrected chi connectivity index (χ4v) is 3.31. The highest BCUT2D eigenvalue weighted by molar-refractivity contribution is 5.84. The van der Waals surface area contributed by atoms with Crippen molar-refractivity contribution in [1.29, 1.82) is 0 Å². The molecule has 120 valence electrons. The normalized spacial score (nSPS) is 30.8. The molecule has 1 aromatic rings. The monoisotopic (exact) mass is 307 g/mol. The second-order valence-electron chi connectivity index (χ2n) is 6.37. The molecule has 0 aromatic carbocycles. The molecule has 1 saturated heterocycles. The first kappa shape index (κ1) is 15.0. The van der Waals surface area contributed by atoms with E-state index in [2.05, 4.69) is 10.3 Å². The van der Waals surface area contributed by atoms with Crippen molar-refractivity contribution in [2.24, 2.45) is 13.0 Å². The number of carbonyl (C=O) groups excluding carboxylic acids is 1. The number of carboxylic acids is 1. The molecule has 1 aliphatic carbocycles. The number of imidazole rings is 1. The van der Waals surface area contributed by atoms with E-state index in [1.54, 1.807) is 12.5 Å². The first-order valence-corrected chi connectivity index (χ1v) is 7.58. The van der Waals surface area contributed by atoms with Gasteiger partial charge in [0.2, 0.25) is 5.91 Å². The van der Waals surface area contributed by atoms with Gasteiger partial charge in [-0.2, -0.15) is 0 Å². The molecular formula is C15H21N3O4. The second kappa shape index (κ2) is 5.72. The van der Waals surface area contributed by atoms with Crippen LogP contribution in [0.15, 0.2) is 12.5 Å². The van der Waals surface area contributed by atoms with Crippen LogP contribution in [-0.2, 0) is 21.4 Å². The Kier molecular flexibility index (Phi) is 3.90. The maximum atomic E-state index is 12.5. The average molecular weight is 307 g/mol. The summed E-state index contributed by atoms with van der Waals surface area (Å²) in [6.07, 6.45) is 5.62. The molecule has 2 fully saturated rings. The number of aryl methyl sites for hydroxylation is 1. The minimum absolute atomic E-state index is 0.0713. The number of nitrogens with zero attached hydrogens (tertiary/aromatic N) is 2. The molecule has 1 aliphatic heterocycles. The van der Waals surface area contributed by atoms with Gasteiger partial charge in [-0.3, -0.25) is 9.59 Å². The van der Waals surface area contributed by atoms with Crippen LogP contribution in [0, 0.1) is 5.92 Å². The lowest BCUT2D eigenvalue weighted by molar-refractivity contribution is -0.141. The van der Waals surface area contributed by atoms with Crippen LogP contribution >= 0.6 is 0 Å². The predicted octanol–water partition coefficient (Wildman–Crippen LogP) is 0.664. The van der Waals surface area contributed by atoms with E-state index < -0.39 is 11.5 Å². The van der Waals surface area contributed by atoms with Gasteiger partial charge in [0.25, 0.3) is 0 Å². The van der Waals surface area contributed by atoms with Crippen LogP contribution < -0.4 is 5.32 Å². The van der Waals surface area contributed by atoms with Gasteiger partial charge in [-0.25, -0.2) is 4.98 Å². The van der Waals surface area contributed by atoms with Gasteiger partial charge in [-0.15, -0.1) is 0 Å². The van der Waals surface area contributed by atoms with Crippen LogP contribution in [0.1, 0.15) is 37.3 Å². The van der Waals surface area contributed by atoms with E-state index in [9.17, 15) is 9.59 Å². The third kappa shape index (κ3) is 2.99. The zero-order chi connectivity index (χ0) is 15.7.